The molecule has 2 aromatic heterocycles. The van der Waals surface area contributed by atoms with Crippen molar-refractivity contribution in [3.05, 3.63) is 59.9 Å². The highest BCUT2D eigenvalue weighted by Gasteiger charge is 2.08. The molecule has 0 spiro atoms. The Morgan fingerprint density at radius 1 is 0.550 bits per heavy atom. The molecule has 0 N–H and O–H groups in total. The summed E-state index contributed by atoms with van der Waals surface area (Å²) in [6.07, 6.45) is 0. The van der Waals surface area contributed by atoms with Crippen molar-refractivity contribution in [2.75, 3.05) is 0 Å². The molecule has 0 atom stereocenters. The third-order valence-corrected chi connectivity index (χ3v) is 3.78. The predicted molar refractivity (Wildman–Crippen MR) is 84.0 cm³/mol. The number of fused-ring (bicyclic) bond motifs is 5. The van der Waals surface area contributed by atoms with Crippen LogP contribution in [0.4, 0.5) is 0 Å². The first-order valence-electron chi connectivity index (χ1n) is 6.79. The van der Waals surface area contributed by atoms with Crippen molar-refractivity contribution in [2.45, 2.75) is 13.8 Å². The Kier molecular flexibility index (Phi) is 2.27. The molecule has 20 heavy (non-hydrogen) atoms. The van der Waals surface area contributed by atoms with E-state index in [1.165, 1.54) is 16.2 Å². The van der Waals surface area contributed by atoms with Crippen LogP contribution in [0.1, 0.15) is 11.4 Å². The summed E-state index contributed by atoms with van der Waals surface area (Å²) in [6, 6.07) is 16.9. The molecule has 0 aliphatic carbocycles. The van der Waals surface area contributed by atoms with Gasteiger partial charge in [0.25, 0.3) is 0 Å². The molecule has 0 saturated heterocycles. The van der Waals surface area contributed by atoms with Gasteiger partial charge in [-0.3, -0.25) is 9.97 Å². The molecule has 2 aromatic carbocycles. The van der Waals surface area contributed by atoms with Crippen molar-refractivity contribution in [3.8, 4) is 0 Å². The second kappa shape index (κ2) is 4.01. The van der Waals surface area contributed by atoms with Gasteiger partial charge < -0.3 is 0 Å². The predicted octanol–water partition coefficient (Wildman–Crippen LogP) is 4.55. The van der Waals surface area contributed by atoms with E-state index in [4.69, 9.17) is 9.97 Å². The number of hydrogen-bond donors (Lipinski definition) is 0. The molecular weight excluding hydrogens is 244 g/mol. The van der Waals surface area contributed by atoms with E-state index in [1.54, 1.807) is 0 Å². The smallest absolute Gasteiger partial charge is 0.0805 e. The molecule has 0 radical (unpaired) electrons. The molecule has 0 bridgehead atoms. The van der Waals surface area contributed by atoms with E-state index < -0.39 is 0 Å². The van der Waals surface area contributed by atoms with E-state index in [0.717, 1.165) is 27.8 Å². The second-order valence-corrected chi connectivity index (χ2v) is 5.28. The number of nitrogens with zero attached hydrogens (tertiary/aromatic N) is 2. The van der Waals surface area contributed by atoms with Crippen LogP contribution in [0.15, 0.2) is 48.5 Å². The fourth-order valence-corrected chi connectivity index (χ4v) is 2.77. The van der Waals surface area contributed by atoms with Gasteiger partial charge in [0.15, 0.2) is 0 Å². The van der Waals surface area contributed by atoms with Crippen LogP contribution in [-0.2, 0) is 0 Å². The number of benzene rings is 2. The molecule has 2 nitrogen and oxygen atoms in total. The topological polar surface area (TPSA) is 25.8 Å². The third-order valence-electron chi connectivity index (χ3n) is 3.78. The molecule has 2 heterocycles. The maximum Gasteiger partial charge on any atom is 0.0805 e. The summed E-state index contributed by atoms with van der Waals surface area (Å²) in [5.74, 6) is 0. The van der Waals surface area contributed by atoms with E-state index >= 15 is 0 Å². The Bertz CT molecular complexity index is 894. The summed E-state index contributed by atoms with van der Waals surface area (Å²) < 4.78 is 0. The Morgan fingerprint density at radius 3 is 1.45 bits per heavy atom. The number of aromatic nitrogens is 2. The molecule has 0 amide bonds. The molecule has 4 rings (SSSR count). The van der Waals surface area contributed by atoms with Gasteiger partial charge >= 0.3 is 0 Å². The molecule has 0 unspecified atom stereocenters. The van der Waals surface area contributed by atoms with Gasteiger partial charge in [-0.05, 0) is 31.4 Å². The summed E-state index contributed by atoms with van der Waals surface area (Å²) in [5.41, 5.74) is 4.17. The van der Waals surface area contributed by atoms with Gasteiger partial charge in [-0.25, -0.2) is 0 Å². The van der Waals surface area contributed by atoms with Gasteiger partial charge in [0.05, 0.1) is 11.0 Å². The lowest BCUT2D eigenvalue weighted by Gasteiger charge is -2.08. The Labute approximate surface area is 117 Å². The van der Waals surface area contributed by atoms with E-state index in [0.29, 0.717) is 0 Å². The fourth-order valence-electron chi connectivity index (χ4n) is 2.77. The average Bonchev–Trinajstić information content (AvgIpc) is 2.46. The SMILES string of the molecule is Cc1ccc2ccc3ccc4ccc(C)nc4c3c2n1. The molecule has 0 aliphatic rings. The van der Waals surface area contributed by atoms with Crippen molar-refractivity contribution < 1.29 is 0 Å². The molecule has 2 heteroatoms. The first-order valence-corrected chi connectivity index (χ1v) is 6.79. The van der Waals surface area contributed by atoms with Crippen LogP contribution in [0.25, 0.3) is 32.6 Å². The molecule has 0 saturated carbocycles. The van der Waals surface area contributed by atoms with Crippen LogP contribution in [0.5, 0.6) is 0 Å². The summed E-state index contributed by atoms with van der Waals surface area (Å²) in [7, 11) is 0. The van der Waals surface area contributed by atoms with Gasteiger partial charge in [0.2, 0.25) is 0 Å². The monoisotopic (exact) mass is 258 g/mol. The normalized spacial score (nSPS) is 11.5. The van der Waals surface area contributed by atoms with Gasteiger partial charge in [-0.1, -0.05) is 36.4 Å². The Balaban J connectivity index is 2.34. The highest BCUT2D eigenvalue weighted by atomic mass is 14.7. The van der Waals surface area contributed by atoms with Crippen molar-refractivity contribution >= 4 is 32.6 Å². The number of rotatable bonds is 0. The van der Waals surface area contributed by atoms with E-state index in [1.807, 2.05) is 13.8 Å². The summed E-state index contributed by atoms with van der Waals surface area (Å²) in [5, 5.41) is 4.69. The molecule has 96 valence electrons. The van der Waals surface area contributed by atoms with Gasteiger partial charge in [0, 0.05) is 27.5 Å². The average molecular weight is 258 g/mol. The van der Waals surface area contributed by atoms with Crippen LogP contribution < -0.4 is 0 Å². The van der Waals surface area contributed by atoms with Crippen molar-refractivity contribution in [3.63, 3.8) is 0 Å². The molecular formula is C18H14N2. The van der Waals surface area contributed by atoms with E-state index in [9.17, 15) is 0 Å². The van der Waals surface area contributed by atoms with Crippen LogP contribution in [0, 0.1) is 13.8 Å². The second-order valence-electron chi connectivity index (χ2n) is 5.28. The quantitative estimate of drug-likeness (QED) is 0.432. The number of aryl methyl sites for hydroxylation is 2. The third kappa shape index (κ3) is 1.58. The fraction of sp³-hybridized carbons (Fsp3) is 0.111. The lowest BCUT2D eigenvalue weighted by atomic mass is 10.0. The van der Waals surface area contributed by atoms with Gasteiger partial charge in [-0.2, -0.15) is 0 Å². The molecule has 4 aromatic rings. The minimum Gasteiger partial charge on any atom is -0.252 e. The zero-order chi connectivity index (χ0) is 13.7. The highest BCUT2D eigenvalue weighted by molar-refractivity contribution is 6.17. The van der Waals surface area contributed by atoms with E-state index in [2.05, 4.69) is 48.5 Å². The standard InChI is InChI=1S/C18H14N2/c1-11-3-5-14-9-7-13-8-10-15-6-4-12(2)20-18(15)16(13)17(14)19-11/h3-10H,1-2H3. The lowest BCUT2D eigenvalue weighted by molar-refractivity contribution is 1.25. The Hall–Kier alpha value is -2.48. The first kappa shape index (κ1) is 11.4. The Morgan fingerprint density at radius 2 is 0.950 bits per heavy atom. The minimum atomic E-state index is 1.04. The number of pyridine rings is 2. The van der Waals surface area contributed by atoms with Crippen LogP contribution in [0.2, 0.25) is 0 Å². The molecule has 0 aliphatic heterocycles. The van der Waals surface area contributed by atoms with E-state index in [-0.39, 0.29) is 0 Å². The minimum absolute atomic E-state index is 1.04. The van der Waals surface area contributed by atoms with Crippen LogP contribution in [-0.4, -0.2) is 9.97 Å². The van der Waals surface area contributed by atoms with Gasteiger partial charge in [0.1, 0.15) is 0 Å². The molecule has 0 fully saturated rings. The van der Waals surface area contributed by atoms with Gasteiger partial charge in [-0.15, -0.1) is 0 Å². The van der Waals surface area contributed by atoms with Crippen LogP contribution >= 0.6 is 0 Å². The van der Waals surface area contributed by atoms with Crippen molar-refractivity contribution in [2.24, 2.45) is 0 Å². The van der Waals surface area contributed by atoms with Crippen molar-refractivity contribution in [1.82, 2.24) is 9.97 Å². The number of hydrogen-bond acceptors (Lipinski definition) is 2. The largest absolute Gasteiger partial charge is 0.252 e. The zero-order valence-corrected chi connectivity index (χ0v) is 11.5. The maximum absolute atomic E-state index is 4.74. The van der Waals surface area contributed by atoms with Crippen molar-refractivity contribution in [1.29, 1.82) is 0 Å². The summed E-state index contributed by atoms with van der Waals surface area (Å²) >= 11 is 0. The highest BCUT2D eigenvalue weighted by Crippen LogP contribution is 2.30. The lowest BCUT2D eigenvalue weighted by Crippen LogP contribution is -1.89. The summed E-state index contributed by atoms with van der Waals surface area (Å²) in [4.78, 5) is 9.49. The zero-order valence-electron chi connectivity index (χ0n) is 11.5. The maximum atomic E-state index is 4.74. The van der Waals surface area contributed by atoms with Crippen LogP contribution in [0.3, 0.4) is 0 Å². The first-order chi connectivity index (χ1) is 9.72. The summed E-state index contributed by atoms with van der Waals surface area (Å²) in [6.45, 7) is 4.06.